The van der Waals surface area contributed by atoms with Crippen molar-refractivity contribution in [1.29, 1.82) is 0 Å². The molecule has 1 aromatic carbocycles. The van der Waals surface area contributed by atoms with Gasteiger partial charge in [-0.05, 0) is 17.7 Å². The Morgan fingerprint density at radius 1 is 1.47 bits per heavy atom. The fourth-order valence-corrected chi connectivity index (χ4v) is 1.80. The number of benzene rings is 1. The first-order chi connectivity index (χ1) is 6.95. The van der Waals surface area contributed by atoms with Crippen LogP contribution in [0.5, 0.6) is 0 Å². The molecule has 0 spiro atoms. The summed E-state index contributed by atoms with van der Waals surface area (Å²) in [6.07, 6.45) is 2.24. The zero-order chi connectivity index (χ0) is 11.5. The molecule has 0 saturated carbocycles. The average Bonchev–Trinajstić information content (AvgIpc) is 2.12. The van der Waals surface area contributed by atoms with Crippen LogP contribution in [0.15, 0.2) is 28.1 Å². The van der Waals surface area contributed by atoms with Crippen LogP contribution >= 0.6 is 0 Å². The van der Waals surface area contributed by atoms with Crippen LogP contribution in [0.2, 0.25) is 0 Å². The van der Waals surface area contributed by atoms with E-state index in [0.29, 0.717) is 5.56 Å². The molecule has 0 radical (unpaired) electrons. The molecule has 0 heterocycles. The molecule has 0 aliphatic heterocycles. The predicted octanol–water partition coefficient (Wildman–Crippen LogP) is 1.07. The summed E-state index contributed by atoms with van der Waals surface area (Å²) in [4.78, 5) is 12.7. The summed E-state index contributed by atoms with van der Waals surface area (Å²) in [5.41, 5.74) is 0.420. The number of halogens is 1. The second-order valence-electron chi connectivity index (χ2n) is 2.94. The fourth-order valence-electron chi connectivity index (χ4n) is 1.07. The highest BCUT2D eigenvalue weighted by Crippen LogP contribution is 2.16. The summed E-state index contributed by atoms with van der Waals surface area (Å²) in [5.74, 6) is -0.837. The minimum atomic E-state index is -3.55. The third-order valence-electron chi connectivity index (χ3n) is 1.72. The van der Waals surface area contributed by atoms with E-state index in [1.165, 1.54) is 12.1 Å². The first-order valence-corrected chi connectivity index (χ1v) is 5.86. The second kappa shape index (κ2) is 4.33. The topological polar surface area (TPSA) is 63.6 Å². The third-order valence-corrected chi connectivity index (χ3v) is 2.85. The Kier molecular flexibility index (Phi) is 3.34. The Balaban J connectivity index is 3.14. The molecular formula is C9H8FNO3S. The summed E-state index contributed by atoms with van der Waals surface area (Å²) < 4.78 is 35.4. The van der Waals surface area contributed by atoms with Gasteiger partial charge in [0.05, 0.1) is 6.54 Å². The lowest BCUT2D eigenvalue weighted by molar-refractivity contribution is 0.561. The van der Waals surface area contributed by atoms with E-state index in [1.807, 2.05) is 0 Å². The molecular weight excluding hydrogens is 221 g/mol. The van der Waals surface area contributed by atoms with Crippen LogP contribution in [-0.2, 0) is 21.2 Å². The van der Waals surface area contributed by atoms with Crippen molar-refractivity contribution < 1.29 is 17.6 Å². The van der Waals surface area contributed by atoms with Gasteiger partial charge in [0.1, 0.15) is 10.7 Å². The van der Waals surface area contributed by atoms with Crippen molar-refractivity contribution in [1.82, 2.24) is 0 Å². The second-order valence-corrected chi connectivity index (χ2v) is 4.93. The van der Waals surface area contributed by atoms with Crippen LogP contribution in [0, 0.1) is 5.82 Å². The van der Waals surface area contributed by atoms with Gasteiger partial charge in [-0.3, -0.25) is 0 Å². The molecule has 1 aromatic rings. The highest BCUT2D eigenvalue weighted by Gasteiger charge is 2.13. The van der Waals surface area contributed by atoms with Gasteiger partial charge >= 0.3 is 0 Å². The van der Waals surface area contributed by atoms with E-state index in [2.05, 4.69) is 4.99 Å². The summed E-state index contributed by atoms with van der Waals surface area (Å²) in [7, 11) is -3.55. The van der Waals surface area contributed by atoms with Crippen molar-refractivity contribution in [2.24, 2.45) is 4.99 Å². The quantitative estimate of drug-likeness (QED) is 0.575. The normalized spacial score (nSPS) is 10.8. The number of isocyanates is 1. The minimum Gasteiger partial charge on any atom is -0.224 e. The summed E-state index contributed by atoms with van der Waals surface area (Å²) in [6, 6.07) is 3.60. The lowest BCUT2D eigenvalue weighted by Gasteiger charge is -2.01. The Morgan fingerprint density at radius 2 is 2.13 bits per heavy atom. The minimum absolute atomic E-state index is 0.00946. The van der Waals surface area contributed by atoms with E-state index >= 15 is 0 Å². The molecule has 0 saturated heterocycles. The van der Waals surface area contributed by atoms with E-state index in [4.69, 9.17) is 0 Å². The van der Waals surface area contributed by atoms with Crippen molar-refractivity contribution in [3.05, 3.63) is 29.6 Å². The molecule has 15 heavy (non-hydrogen) atoms. The van der Waals surface area contributed by atoms with Crippen molar-refractivity contribution in [3.63, 3.8) is 0 Å². The van der Waals surface area contributed by atoms with Crippen molar-refractivity contribution in [2.75, 3.05) is 6.26 Å². The first kappa shape index (κ1) is 11.6. The van der Waals surface area contributed by atoms with Crippen LogP contribution in [-0.4, -0.2) is 20.8 Å². The number of aliphatic imine (C=N–C) groups is 1. The molecule has 4 nitrogen and oxygen atoms in total. The Labute approximate surface area is 86.4 Å². The molecule has 0 amide bonds. The standard InChI is InChI=1S/C9H8FNO3S/c1-15(13,14)9-3-2-7(4-8(9)10)5-11-6-12/h2-4H,5H2,1H3. The van der Waals surface area contributed by atoms with E-state index < -0.39 is 15.7 Å². The SMILES string of the molecule is CS(=O)(=O)c1ccc(CN=C=O)cc1F. The molecule has 0 fully saturated rings. The van der Waals surface area contributed by atoms with Gasteiger partial charge in [-0.2, -0.15) is 0 Å². The molecule has 0 aliphatic rings. The van der Waals surface area contributed by atoms with Gasteiger partial charge in [0, 0.05) is 6.26 Å². The van der Waals surface area contributed by atoms with E-state index in [-0.39, 0.29) is 11.4 Å². The Morgan fingerprint density at radius 3 is 2.60 bits per heavy atom. The molecule has 0 aromatic heterocycles. The lowest BCUT2D eigenvalue weighted by atomic mass is 10.2. The lowest BCUT2D eigenvalue weighted by Crippen LogP contribution is -2.01. The van der Waals surface area contributed by atoms with E-state index in [1.54, 1.807) is 0 Å². The number of hydrogen-bond donors (Lipinski definition) is 0. The zero-order valence-electron chi connectivity index (χ0n) is 7.90. The molecule has 80 valence electrons. The zero-order valence-corrected chi connectivity index (χ0v) is 8.71. The van der Waals surface area contributed by atoms with Crippen LogP contribution in [0.3, 0.4) is 0 Å². The van der Waals surface area contributed by atoms with Crippen LogP contribution in [0.25, 0.3) is 0 Å². The number of rotatable bonds is 3. The molecule has 1 rings (SSSR count). The Bertz CT molecular complexity index is 518. The van der Waals surface area contributed by atoms with Crippen LogP contribution < -0.4 is 0 Å². The highest BCUT2D eigenvalue weighted by atomic mass is 32.2. The van der Waals surface area contributed by atoms with Gasteiger partial charge in [-0.15, -0.1) is 0 Å². The van der Waals surface area contributed by atoms with Crippen molar-refractivity contribution in [2.45, 2.75) is 11.4 Å². The fraction of sp³-hybridized carbons (Fsp3) is 0.222. The van der Waals surface area contributed by atoms with Gasteiger partial charge in [-0.1, -0.05) is 6.07 Å². The smallest absolute Gasteiger partial charge is 0.224 e. The van der Waals surface area contributed by atoms with Crippen molar-refractivity contribution >= 4 is 15.9 Å². The highest BCUT2D eigenvalue weighted by molar-refractivity contribution is 7.90. The number of hydrogen-bond acceptors (Lipinski definition) is 4. The molecule has 0 unspecified atom stereocenters. The number of nitrogens with zero attached hydrogens (tertiary/aromatic N) is 1. The van der Waals surface area contributed by atoms with Gasteiger partial charge in [0.25, 0.3) is 0 Å². The summed E-state index contributed by atoms with van der Waals surface area (Å²) in [6.45, 7) is -0.00946. The monoisotopic (exact) mass is 229 g/mol. The van der Waals surface area contributed by atoms with Crippen LogP contribution in [0.1, 0.15) is 5.56 Å². The molecule has 6 heteroatoms. The largest absolute Gasteiger partial charge is 0.235 e. The maximum absolute atomic E-state index is 13.3. The molecule has 0 atom stereocenters. The molecule has 0 bridgehead atoms. The molecule has 0 N–H and O–H groups in total. The van der Waals surface area contributed by atoms with Crippen LogP contribution in [0.4, 0.5) is 4.39 Å². The number of carbonyl (C=O) groups excluding carboxylic acids is 1. The van der Waals surface area contributed by atoms with Gasteiger partial charge in [0.2, 0.25) is 6.08 Å². The van der Waals surface area contributed by atoms with Gasteiger partial charge in [0.15, 0.2) is 9.84 Å². The summed E-state index contributed by atoms with van der Waals surface area (Å²) >= 11 is 0. The van der Waals surface area contributed by atoms with Crippen molar-refractivity contribution in [3.8, 4) is 0 Å². The maximum Gasteiger partial charge on any atom is 0.235 e. The van der Waals surface area contributed by atoms with Gasteiger partial charge in [-0.25, -0.2) is 22.6 Å². The summed E-state index contributed by atoms with van der Waals surface area (Å²) in [5, 5.41) is 0. The van der Waals surface area contributed by atoms with E-state index in [0.717, 1.165) is 18.4 Å². The third kappa shape index (κ3) is 2.97. The maximum atomic E-state index is 13.3. The number of sulfone groups is 1. The first-order valence-electron chi connectivity index (χ1n) is 3.97. The van der Waals surface area contributed by atoms with Gasteiger partial charge < -0.3 is 0 Å². The Hall–Kier alpha value is -1.52. The molecule has 0 aliphatic carbocycles. The van der Waals surface area contributed by atoms with E-state index in [9.17, 15) is 17.6 Å². The predicted molar refractivity (Wildman–Crippen MR) is 51.3 cm³/mol. The average molecular weight is 229 g/mol.